The normalized spacial score (nSPS) is 11.9. The lowest BCUT2D eigenvalue weighted by atomic mass is 9.90. The number of rotatable bonds is 2. The monoisotopic (exact) mass is 296 g/mol. The largest absolute Gasteiger partial charge is 0.222 e. The van der Waals surface area contributed by atoms with Crippen LogP contribution in [0.1, 0.15) is 37.6 Å². The second kappa shape index (κ2) is 5.18. The van der Waals surface area contributed by atoms with E-state index >= 15 is 0 Å². The fourth-order valence-electron chi connectivity index (χ4n) is 2.01. The lowest BCUT2D eigenvalue weighted by Crippen LogP contribution is -2.14. The molecule has 4 heteroatoms. The highest BCUT2D eigenvalue weighted by molar-refractivity contribution is 6.31. The molecular formula is C15H18Cl2N2. The molecule has 1 aromatic heterocycles. The second-order valence-corrected chi connectivity index (χ2v) is 6.37. The molecule has 19 heavy (non-hydrogen) atoms. The minimum atomic E-state index is -0.0796. The summed E-state index contributed by atoms with van der Waals surface area (Å²) in [6.07, 6.45) is 0. The Hall–Kier alpha value is -0.990. The van der Waals surface area contributed by atoms with Crippen molar-refractivity contribution in [3.8, 4) is 5.69 Å². The molecule has 0 spiro atoms. The Balaban J connectivity index is 2.59. The fraction of sp³-hybridized carbons (Fsp3) is 0.400. The number of halogens is 2. The summed E-state index contributed by atoms with van der Waals surface area (Å²) >= 11 is 12.5. The zero-order chi connectivity index (χ0) is 14.2. The molecule has 0 saturated carbocycles. The van der Waals surface area contributed by atoms with Crippen molar-refractivity contribution in [3.05, 3.63) is 46.2 Å². The van der Waals surface area contributed by atoms with Crippen molar-refractivity contribution >= 4 is 23.2 Å². The summed E-state index contributed by atoms with van der Waals surface area (Å²) in [4.78, 5) is 0. The van der Waals surface area contributed by atoms with E-state index in [9.17, 15) is 0 Å². The van der Waals surface area contributed by atoms with Gasteiger partial charge in [0.1, 0.15) is 5.15 Å². The maximum atomic E-state index is 6.43. The van der Waals surface area contributed by atoms with Crippen LogP contribution in [-0.2, 0) is 11.3 Å². The Bertz CT molecular complexity index is 577. The van der Waals surface area contributed by atoms with Gasteiger partial charge in [0.05, 0.1) is 17.3 Å². The molecule has 2 rings (SSSR count). The van der Waals surface area contributed by atoms with Crippen LogP contribution in [0.3, 0.4) is 0 Å². The third-order valence-electron chi connectivity index (χ3n) is 3.04. The summed E-state index contributed by atoms with van der Waals surface area (Å²) in [5, 5.41) is 5.25. The average Bonchev–Trinajstić information content (AvgIpc) is 2.67. The number of alkyl halides is 1. The summed E-state index contributed by atoms with van der Waals surface area (Å²) in [6, 6.07) is 8.12. The van der Waals surface area contributed by atoms with Gasteiger partial charge in [-0.05, 0) is 19.1 Å². The molecule has 0 bridgehead atoms. The van der Waals surface area contributed by atoms with E-state index in [2.05, 4.69) is 32.8 Å². The molecule has 0 unspecified atom stereocenters. The average molecular weight is 297 g/mol. The number of nitrogens with zero attached hydrogens (tertiary/aromatic N) is 2. The Labute approximate surface area is 124 Å². The zero-order valence-corrected chi connectivity index (χ0v) is 13.2. The number of hydrogen-bond donors (Lipinski definition) is 0. The van der Waals surface area contributed by atoms with Crippen molar-refractivity contribution in [2.75, 3.05) is 0 Å². The predicted molar refractivity (Wildman–Crippen MR) is 81.6 cm³/mol. The summed E-state index contributed by atoms with van der Waals surface area (Å²) < 4.78 is 1.76. The van der Waals surface area contributed by atoms with E-state index in [0.29, 0.717) is 11.0 Å². The van der Waals surface area contributed by atoms with Gasteiger partial charge in [-0.2, -0.15) is 5.10 Å². The summed E-state index contributed by atoms with van der Waals surface area (Å²) in [7, 11) is 0. The quantitative estimate of drug-likeness (QED) is 0.723. The first-order valence-electron chi connectivity index (χ1n) is 6.25. The van der Waals surface area contributed by atoms with Gasteiger partial charge in [-0.1, -0.05) is 50.1 Å². The zero-order valence-electron chi connectivity index (χ0n) is 11.7. The number of benzene rings is 1. The number of hydrogen-bond acceptors (Lipinski definition) is 1. The van der Waals surface area contributed by atoms with Crippen molar-refractivity contribution < 1.29 is 0 Å². The molecule has 2 nitrogen and oxygen atoms in total. The molecular weight excluding hydrogens is 279 g/mol. The van der Waals surface area contributed by atoms with Crippen LogP contribution in [0.15, 0.2) is 24.3 Å². The maximum Gasteiger partial charge on any atom is 0.137 e. The molecule has 1 heterocycles. The molecule has 2 aromatic rings. The first kappa shape index (κ1) is 14.4. The molecule has 0 amide bonds. The molecule has 0 aliphatic carbocycles. The van der Waals surface area contributed by atoms with E-state index in [-0.39, 0.29) is 5.41 Å². The topological polar surface area (TPSA) is 17.8 Å². The minimum absolute atomic E-state index is 0.0796. The number of aryl methyl sites for hydroxylation is 1. The molecule has 0 atom stereocenters. The van der Waals surface area contributed by atoms with Crippen LogP contribution in [0.5, 0.6) is 0 Å². The van der Waals surface area contributed by atoms with Gasteiger partial charge in [0, 0.05) is 11.0 Å². The molecule has 0 fully saturated rings. The van der Waals surface area contributed by atoms with Crippen molar-refractivity contribution in [3.63, 3.8) is 0 Å². The lowest BCUT2D eigenvalue weighted by molar-refractivity contribution is 0.556. The standard InChI is InChI=1S/C15H18Cl2N2/c1-10-5-7-11(8-6-10)19-14(17)12(9-16)13(18-19)15(2,3)4/h5-8H,9H2,1-4H3. The Kier molecular flexibility index (Phi) is 3.93. The van der Waals surface area contributed by atoms with Gasteiger partial charge in [-0.25, -0.2) is 4.68 Å². The second-order valence-electron chi connectivity index (χ2n) is 5.75. The molecule has 1 aromatic carbocycles. The number of aromatic nitrogens is 2. The van der Waals surface area contributed by atoms with Crippen molar-refractivity contribution in [2.24, 2.45) is 0 Å². The SMILES string of the molecule is Cc1ccc(-n2nc(C(C)(C)C)c(CCl)c2Cl)cc1. The van der Waals surface area contributed by atoms with Crippen LogP contribution in [0.25, 0.3) is 5.69 Å². The van der Waals surface area contributed by atoms with Gasteiger partial charge in [0.2, 0.25) is 0 Å². The molecule has 0 radical (unpaired) electrons. The van der Waals surface area contributed by atoms with E-state index in [1.165, 1.54) is 5.56 Å². The fourth-order valence-corrected chi connectivity index (χ4v) is 2.62. The van der Waals surface area contributed by atoms with E-state index in [1.54, 1.807) is 4.68 Å². The predicted octanol–water partition coefficient (Wildman–Crippen LogP) is 4.87. The van der Waals surface area contributed by atoms with Gasteiger partial charge in [0.15, 0.2) is 0 Å². The lowest BCUT2D eigenvalue weighted by Gasteiger charge is -2.16. The molecule has 102 valence electrons. The van der Waals surface area contributed by atoms with Gasteiger partial charge >= 0.3 is 0 Å². The van der Waals surface area contributed by atoms with Crippen LogP contribution in [-0.4, -0.2) is 9.78 Å². The molecule has 0 saturated heterocycles. The van der Waals surface area contributed by atoms with E-state index in [1.807, 2.05) is 24.3 Å². The Morgan fingerprint density at radius 3 is 2.16 bits per heavy atom. The van der Waals surface area contributed by atoms with E-state index < -0.39 is 0 Å². The molecule has 0 N–H and O–H groups in total. The highest BCUT2D eigenvalue weighted by atomic mass is 35.5. The van der Waals surface area contributed by atoms with Crippen molar-refractivity contribution in [1.29, 1.82) is 0 Å². The van der Waals surface area contributed by atoms with Gasteiger partial charge in [-0.15, -0.1) is 11.6 Å². The first-order chi connectivity index (χ1) is 8.84. The third kappa shape index (κ3) is 2.80. The van der Waals surface area contributed by atoms with Gasteiger partial charge < -0.3 is 0 Å². The van der Waals surface area contributed by atoms with Crippen LogP contribution >= 0.6 is 23.2 Å². The molecule has 0 aliphatic rings. The van der Waals surface area contributed by atoms with Gasteiger partial charge in [0.25, 0.3) is 0 Å². The van der Waals surface area contributed by atoms with E-state index in [4.69, 9.17) is 23.2 Å². The maximum absolute atomic E-state index is 6.43. The Morgan fingerprint density at radius 2 is 1.74 bits per heavy atom. The van der Waals surface area contributed by atoms with Crippen LogP contribution in [0.2, 0.25) is 5.15 Å². The summed E-state index contributed by atoms with van der Waals surface area (Å²) in [5.74, 6) is 0.372. The molecule has 0 aliphatic heterocycles. The summed E-state index contributed by atoms with van der Waals surface area (Å²) in [6.45, 7) is 8.39. The van der Waals surface area contributed by atoms with Crippen molar-refractivity contribution in [1.82, 2.24) is 9.78 Å². The summed E-state index contributed by atoms with van der Waals surface area (Å²) in [5.41, 5.74) is 3.95. The highest BCUT2D eigenvalue weighted by Gasteiger charge is 2.25. The van der Waals surface area contributed by atoms with Crippen LogP contribution < -0.4 is 0 Å². The highest BCUT2D eigenvalue weighted by Crippen LogP contribution is 2.32. The van der Waals surface area contributed by atoms with Gasteiger partial charge in [-0.3, -0.25) is 0 Å². The van der Waals surface area contributed by atoms with Crippen LogP contribution in [0.4, 0.5) is 0 Å². The van der Waals surface area contributed by atoms with Crippen molar-refractivity contribution in [2.45, 2.75) is 39.0 Å². The minimum Gasteiger partial charge on any atom is -0.222 e. The van der Waals surface area contributed by atoms with Crippen LogP contribution in [0, 0.1) is 6.92 Å². The smallest absolute Gasteiger partial charge is 0.137 e. The first-order valence-corrected chi connectivity index (χ1v) is 7.16. The Morgan fingerprint density at radius 1 is 1.16 bits per heavy atom. The van der Waals surface area contributed by atoms with E-state index in [0.717, 1.165) is 16.9 Å². The third-order valence-corrected chi connectivity index (χ3v) is 3.70.